The maximum atomic E-state index is 12.3. The van der Waals surface area contributed by atoms with Crippen molar-refractivity contribution >= 4 is 23.8 Å². The van der Waals surface area contributed by atoms with Crippen LogP contribution in [0, 0.1) is 0 Å². The van der Waals surface area contributed by atoms with Crippen LogP contribution in [0.25, 0.3) is 0 Å². The maximum absolute atomic E-state index is 12.3. The van der Waals surface area contributed by atoms with E-state index in [4.69, 9.17) is 14.2 Å². The van der Waals surface area contributed by atoms with Crippen LogP contribution in [0.5, 0.6) is 17.2 Å². The van der Waals surface area contributed by atoms with Gasteiger partial charge in [0.1, 0.15) is 0 Å². The monoisotopic (exact) mass is 413 g/mol. The van der Waals surface area contributed by atoms with Crippen LogP contribution in [0.4, 0.5) is 5.69 Å². The van der Waals surface area contributed by atoms with E-state index in [9.17, 15) is 9.59 Å². The fourth-order valence-corrected chi connectivity index (χ4v) is 2.86. The van der Waals surface area contributed by atoms with Gasteiger partial charge < -0.3 is 19.1 Å². The molecule has 8 heteroatoms. The molecule has 2 aromatic carbocycles. The lowest BCUT2D eigenvalue weighted by Crippen LogP contribution is -2.22. The summed E-state index contributed by atoms with van der Waals surface area (Å²) >= 11 is 0. The van der Waals surface area contributed by atoms with Crippen molar-refractivity contribution in [3.05, 3.63) is 47.5 Å². The van der Waals surface area contributed by atoms with Crippen molar-refractivity contribution in [2.24, 2.45) is 5.10 Å². The molecule has 0 atom stereocenters. The summed E-state index contributed by atoms with van der Waals surface area (Å²) < 4.78 is 15.7. The molecule has 0 unspecified atom stereocenters. The lowest BCUT2D eigenvalue weighted by molar-refractivity contribution is -0.132. The van der Waals surface area contributed by atoms with Crippen molar-refractivity contribution in [1.82, 2.24) is 5.43 Å². The third kappa shape index (κ3) is 5.73. The van der Waals surface area contributed by atoms with Gasteiger partial charge in [-0.25, -0.2) is 5.43 Å². The predicted octanol–water partition coefficient (Wildman–Crippen LogP) is 3.24. The Morgan fingerprint density at radius 1 is 1.03 bits per heavy atom. The first-order valence-corrected chi connectivity index (χ1v) is 9.56. The van der Waals surface area contributed by atoms with Gasteiger partial charge >= 0.3 is 5.97 Å². The summed E-state index contributed by atoms with van der Waals surface area (Å²) in [5.74, 6) is -0.0179. The highest BCUT2D eigenvalue weighted by molar-refractivity contribution is 5.95. The molecule has 1 N–H and O–H groups in total. The molecule has 0 saturated carbocycles. The van der Waals surface area contributed by atoms with Crippen LogP contribution >= 0.6 is 0 Å². The highest BCUT2D eigenvalue weighted by atomic mass is 16.6. The van der Waals surface area contributed by atoms with E-state index in [0.717, 1.165) is 18.8 Å². The molecule has 0 aliphatic rings. The number of nitrogens with zero attached hydrogens (tertiary/aromatic N) is 2. The number of rotatable bonds is 9. The predicted molar refractivity (Wildman–Crippen MR) is 116 cm³/mol. The van der Waals surface area contributed by atoms with Gasteiger partial charge in [-0.05, 0) is 50.2 Å². The summed E-state index contributed by atoms with van der Waals surface area (Å²) in [6.45, 7) is 7.26. The largest absolute Gasteiger partial charge is 0.493 e. The van der Waals surface area contributed by atoms with E-state index in [0.29, 0.717) is 22.6 Å². The van der Waals surface area contributed by atoms with Gasteiger partial charge in [-0.2, -0.15) is 5.10 Å². The Kier molecular flexibility index (Phi) is 8.22. The zero-order valence-electron chi connectivity index (χ0n) is 17.9. The Morgan fingerprint density at radius 2 is 1.60 bits per heavy atom. The molecule has 1 amide bonds. The topological polar surface area (TPSA) is 89.5 Å². The number of amides is 1. The lowest BCUT2D eigenvalue weighted by atomic mass is 10.2. The molecule has 0 aliphatic carbocycles. The van der Waals surface area contributed by atoms with E-state index in [2.05, 4.69) is 29.3 Å². The lowest BCUT2D eigenvalue weighted by Gasteiger charge is -2.20. The van der Waals surface area contributed by atoms with E-state index < -0.39 is 5.97 Å². The van der Waals surface area contributed by atoms with Crippen LogP contribution < -0.4 is 24.5 Å². The van der Waals surface area contributed by atoms with Crippen molar-refractivity contribution in [3.63, 3.8) is 0 Å². The molecule has 0 aromatic heterocycles. The molecule has 0 heterocycles. The smallest absolute Gasteiger partial charge is 0.308 e. The van der Waals surface area contributed by atoms with Crippen LogP contribution in [0.3, 0.4) is 0 Å². The van der Waals surface area contributed by atoms with Crippen molar-refractivity contribution in [3.8, 4) is 17.2 Å². The minimum absolute atomic E-state index is 0.182. The van der Waals surface area contributed by atoms with Gasteiger partial charge in [-0.15, -0.1) is 0 Å². The zero-order valence-corrected chi connectivity index (χ0v) is 17.9. The number of hydrazone groups is 1. The Hall–Kier alpha value is -3.55. The van der Waals surface area contributed by atoms with Gasteiger partial charge in [-0.1, -0.05) is 0 Å². The number of anilines is 1. The summed E-state index contributed by atoms with van der Waals surface area (Å²) in [7, 11) is 2.90. The quantitative estimate of drug-likeness (QED) is 0.294. The Balaban J connectivity index is 2.12. The molecule has 0 saturated heterocycles. The van der Waals surface area contributed by atoms with Gasteiger partial charge in [0.2, 0.25) is 5.75 Å². The fourth-order valence-electron chi connectivity index (χ4n) is 2.86. The van der Waals surface area contributed by atoms with E-state index in [1.54, 1.807) is 24.3 Å². The highest BCUT2D eigenvalue weighted by Crippen LogP contribution is 2.38. The number of ether oxygens (including phenoxy) is 3. The first kappa shape index (κ1) is 22.7. The molecule has 8 nitrogen and oxygen atoms in total. The third-order valence-corrected chi connectivity index (χ3v) is 4.37. The first-order chi connectivity index (χ1) is 14.4. The minimum atomic E-state index is -0.493. The van der Waals surface area contributed by atoms with Gasteiger partial charge in [-0.3, -0.25) is 9.59 Å². The Morgan fingerprint density at radius 3 is 2.07 bits per heavy atom. The number of benzene rings is 2. The summed E-state index contributed by atoms with van der Waals surface area (Å²) in [6, 6.07) is 10.6. The third-order valence-electron chi connectivity index (χ3n) is 4.37. The second-order valence-electron chi connectivity index (χ2n) is 6.27. The summed E-state index contributed by atoms with van der Waals surface area (Å²) in [4.78, 5) is 25.8. The van der Waals surface area contributed by atoms with Crippen LogP contribution in [-0.4, -0.2) is 45.4 Å². The molecular formula is C22H27N3O5. The van der Waals surface area contributed by atoms with Gasteiger partial charge in [0.15, 0.2) is 11.5 Å². The van der Waals surface area contributed by atoms with Crippen LogP contribution in [-0.2, 0) is 4.79 Å². The Bertz CT molecular complexity index is 880. The van der Waals surface area contributed by atoms with E-state index >= 15 is 0 Å². The van der Waals surface area contributed by atoms with E-state index in [1.165, 1.54) is 27.4 Å². The number of methoxy groups -OCH3 is 2. The molecule has 30 heavy (non-hydrogen) atoms. The van der Waals surface area contributed by atoms with E-state index in [-0.39, 0.29) is 11.7 Å². The number of hydrogen-bond donors (Lipinski definition) is 1. The van der Waals surface area contributed by atoms with E-state index in [1.807, 2.05) is 12.1 Å². The molecule has 0 bridgehead atoms. The molecule has 2 rings (SSSR count). The normalized spacial score (nSPS) is 10.6. The maximum Gasteiger partial charge on any atom is 0.308 e. The number of hydrogen-bond acceptors (Lipinski definition) is 7. The molecule has 0 radical (unpaired) electrons. The van der Waals surface area contributed by atoms with Gasteiger partial charge in [0, 0.05) is 36.8 Å². The first-order valence-electron chi connectivity index (χ1n) is 9.56. The molecule has 160 valence electrons. The highest BCUT2D eigenvalue weighted by Gasteiger charge is 2.15. The molecule has 0 spiro atoms. The van der Waals surface area contributed by atoms with Crippen molar-refractivity contribution in [2.45, 2.75) is 20.8 Å². The minimum Gasteiger partial charge on any atom is -0.493 e. The van der Waals surface area contributed by atoms with Crippen LogP contribution in [0.2, 0.25) is 0 Å². The fraction of sp³-hybridized carbons (Fsp3) is 0.318. The van der Waals surface area contributed by atoms with Crippen molar-refractivity contribution in [1.29, 1.82) is 0 Å². The SMILES string of the molecule is CCN(CC)c1ccc(C(=O)N/N=C/c2cc(OC)c(OC(C)=O)c(OC)c2)cc1. The zero-order chi connectivity index (χ0) is 22.1. The second-order valence-corrected chi connectivity index (χ2v) is 6.27. The average molecular weight is 413 g/mol. The standard InChI is InChI=1S/C22H27N3O5/c1-6-25(7-2)18-10-8-17(9-11-18)22(27)24-23-14-16-12-19(28-4)21(30-15(3)26)20(13-16)29-5/h8-14H,6-7H2,1-5H3,(H,24,27)/b23-14+. The van der Waals surface area contributed by atoms with Gasteiger partial charge in [0.25, 0.3) is 5.91 Å². The molecule has 0 aliphatic heterocycles. The second kappa shape index (κ2) is 10.8. The van der Waals surface area contributed by atoms with Gasteiger partial charge in [0.05, 0.1) is 20.4 Å². The number of esters is 1. The molecule has 0 fully saturated rings. The number of nitrogens with one attached hydrogen (secondary N) is 1. The number of carbonyl (C=O) groups excluding carboxylic acids is 2. The summed E-state index contributed by atoms with van der Waals surface area (Å²) in [5.41, 5.74) is 4.66. The molecular weight excluding hydrogens is 386 g/mol. The summed E-state index contributed by atoms with van der Waals surface area (Å²) in [5, 5.41) is 4.00. The summed E-state index contributed by atoms with van der Waals surface area (Å²) in [6.07, 6.45) is 1.45. The van der Waals surface area contributed by atoms with Crippen molar-refractivity contribution in [2.75, 3.05) is 32.2 Å². The number of carbonyl (C=O) groups is 2. The van der Waals surface area contributed by atoms with Crippen LogP contribution in [0.15, 0.2) is 41.5 Å². The average Bonchev–Trinajstić information content (AvgIpc) is 2.75. The van der Waals surface area contributed by atoms with Crippen LogP contribution in [0.1, 0.15) is 36.7 Å². The van der Waals surface area contributed by atoms with Crippen molar-refractivity contribution < 1.29 is 23.8 Å². The molecule has 2 aromatic rings. The Labute approximate surface area is 176 Å².